The number of benzene rings is 1. The molecule has 0 aliphatic carbocycles. The molecule has 1 fully saturated rings. The van der Waals surface area contributed by atoms with Gasteiger partial charge < -0.3 is 18.9 Å². The number of non-ortho nitro benzene ring substituents is 1. The third kappa shape index (κ3) is 12.3. The molecule has 2 rings (SSSR count). The van der Waals surface area contributed by atoms with Crippen LogP contribution < -0.4 is 4.74 Å². The molecule has 8 nitrogen and oxygen atoms in total. The van der Waals surface area contributed by atoms with Gasteiger partial charge in [0.1, 0.15) is 18.5 Å². The molecule has 0 bridgehead atoms. The van der Waals surface area contributed by atoms with E-state index in [1.165, 1.54) is 101 Å². The molecule has 0 N–H and O–H groups in total. The van der Waals surface area contributed by atoms with E-state index in [0.717, 1.165) is 12.8 Å². The maximum Gasteiger partial charge on any atom is 0.513 e. The Hall–Kier alpha value is -2.19. The topological polar surface area (TPSA) is 97.1 Å². The van der Waals surface area contributed by atoms with Crippen LogP contribution in [-0.4, -0.2) is 36.7 Å². The second kappa shape index (κ2) is 17.3. The summed E-state index contributed by atoms with van der Waals surface area (Å²) in [5.74, 6) is 0.180. The van der Waals surface area contributed by atoms with Crippen LogP contribution in [0.3, 0.4) is 0 Å². The van der Waals surface area contributed by atoms with E-state index >= 15 is 0 Å². The van der Waals surface area contributed by atoms with E-state index in [0.29, 0.717) is 6.61 Å². The number of nitro groups is 1. The molecule has 1 aromatic carbocycles. The molecule has 0 radical (unpaired) electrons. The Bertz CT molecular complexity index is 695. The summed E-state index contributed by atoms with van der Waals surface area (Å²) in [5.41, 5.74) is -0.0771. The highest BCUT2D eigenvalue weighted by Crippen LogP contribution is 2.20. The summed E-state index contributed by atoms with van der Waals surface area (Å²) in [4.78, 5) is 21.9. The highest BCUT2D eigenvalue weighted by Gasteiger charge is 2.27. The maximum absolute atomic E-state index is 11.8. The molecule has 0 aromatic heterocycles. The van der Waals surface area contributed by atoms with Crippen molar-refractivity contribution in [1.82, 2.24) is 0 Å². The number of ether oxygens (including phenoxy) is 4. The fourth-order valence-electron chi connectivity index (χ4n) is 4.00. The summed E-state index contributed by atoms with van der Waals surface area (Å²) in [7, 11) is 0. The molecule has 1 aromatic rings. The average molecular weight is 480 g/mol. The summed E-state index contributed by atoms with van der Waals surface area (Å²) < 4.78 is 21.5. The number of nitro benzene ring substituents is 1. The molecule has 34 heavy (non-hydrogen) atoms. The van der Waals surface area contributed by atoms with Crippen molar-refractivity contribution in [2.24, 2.45) is 0 Å². The van der Waals surface area contributed by atoms with E-state index in [-0.39, 0.29) is 30.4 Å². The number of unbranched alkanes of at least 4 members (excludes halogenated alkanes) is 12. The van der Waals surface area contributed by atoms with Crippen molar-refractivity contribution >= 4 is 11.8 Å². The van der Waals surface area contributed by atoms with Crippen LogP contribution in [0.2, 0.25) is 0 Å². The SMILES string of the molecule is CCCCCCCCCCCCCCCC1OCC(COC(=O)Oc2ccc([N+](=O)[O-])cc2)O1. The molecule has 1 aliphatic rings. The number of hydrogen-bond donors (Lipinski definition) is 0. The van der Waals surface area contributed by atoms with E-state index in [9.17, 15) is 14.9 Å². The van der Waals surface area contributed by atoms with Gasteiger partial charge in [-0.2, -0.15) is 0 Å². The van der Waals surface area contributed by atoms with Gasteiger partial charge >= 0.3 is 6.16 Å². The Morgan fingerprint density at radius 2 is 1.50 bits per heavy atom. The predicted octanol–water partition coefficient (Wildman–Crippen LogP) is 7.33. The quantitative estimate of drug-likeness (QED) is 0.0714. The normalized spacial score (nSPS) is 17.6. The average Bonchev–Trinajstić information content (AvgIpc) is 3.29. The number of carbonyl (C=O) groups excluding carboxylic acids is 1. The molecular formula is C26H41NO7. The van der Waals surface area contributed by atoms with E-state index in [1.807, 2.05) is 0 Å². The van der Waals surface area contributed by atoms with Gasteiger partial charge in [-0.3, -0.25) is 10.1 Å². The van der Waals surface area contributed by atoms with Crippen LogP contribution in [0, 0.1) is 10.1 Å². The fraction of sp³-hybridized carbons (Fsp3) is 0.731. The smallest absolute Gasteiger partial charge is 0.431 e. The maximum atomic E-state index is 11.8. The van der Waals surface area contributed by atoms with Crippen molar-refractivity contribution in [3.05, 3.63) is 34.4 Å². The minimum absolute atomic E-state index is 0.0426. The molecule has 1 heterocycles. The van der Waals surface area contributed by atoms with Gasteiger partial charge in [-0.25, -0.2) is 4.79 Å². The summed E-state index contributed by atoms with van der Waals surface area (Å²) in [6.45, 7) is 2.68. The highest BCUT2D eigenvalue weighted by molar-refractivity contribution is 5.64. The van der Waals surface area contributed by atoms with Crippen molar-refractivity contribution in [2.45, 2.75) is 109 Å². The first-order valence-electron chi connectivity index (χ1n) is 12.9. The van der Waals surface area contributed by atoms with Crippen LogP contribution in [-0.2, 0) is 14.2 Å². The number of carbonyl (C=O) groups is 1. The Labute approximate surface area is 203 Å². The third-order valence-corrected chi connectivity index (χ3v) is 5.99. The molecule has 2 unspecified atom stereocenters. The lowest BCUT2D eigenvalue weighted by atomic mass is 10.0. The fourth-order valence-corrected chi connectivity index (χ4v) is 4.00. The molecule has 2 atom stereocenters. The van der Waals surface area contributed by atoms with Crippen LogP contribution in [0.25, 0.3) is 0 Å². The van der Waals surface area contributed by atoms with Crippen LogP contribution >= 0.6 is 0 Å². The summed E-state index contributed by atoms with van der Waals surface area (Å²) in [5, 5.41) is 10.6. The van der Waals surface area contributed by atoms with Gasteiger partial charge in [0.15, 0.2) is 6.29 Å². The Balaban J connectivity index is 1.42. The van der Waals surface area contributed by atoms with E-state index < -0.39 is 11.1 Å². The highest BCUT2D eigenvalue weighted by atomic mass is 16.8. The van der Waals surface area contributed by atoms with E-state index in [4.69, 9.17) is 18.9 Å². The minimum Gasteiger partial charge on any atom is -0.431 e. The first kappa shape index (κ1) is 28.1. The zero-order valence-corrected chi connectivity index (χ0v) is 20.6. The van der Waals surface area contributed by atoms with E-state index in [1.54, 1.807) is 0 Å². The van der Waals surface area contributed by atoms with Crippen LogP contribution in [0.1, 0.15) is 96.8 Å². The first-order chi connectivity index (χ1) is 16.6. The Morgan fingerprint density at radius 1 is 0.941 bits per heavy atom. The minimum atomic E-state index is -0.877. The summed E-state index contributed by atoms with van der Waals surface area (Å²) in [6.07, 6.45) is 16.6. The third-order valence-electron chi connectivity index (χ3n) is 5.99. The Morgan fingerprint density at radius 3 is 2.06 bits per heavy atom. The molecular weight excluding hydrogens is 438 g/mol. The molecule has 0 saturated carbocycles. The zero-order chi connectivity index (χ0) is 24.4. The number of hydrogen-bond acceptors (Lipinski definition) is 7. The van der Waals surface area contributed by atoms with Gasteiger partial charge in [0.25, 0.3) is 5.69 Å². The standard InChI is InChI=1S/C26H41NO7/c1-2-3-4-5-6-7-8-9-10-11-12-13-14-15-25-31-20-24(33-25)21-32-26(28)34-23-18-16-22(17-19-23)27(29)30/h16-19,24-25H,2-15,20-21H2,1H3. The van der Waals surface area contributed by atoms with Crippen molar-refractivity contribution in [3.8, 4) is 5.75 Å². The summed E-state index contributed by atoms with van der Waals surface area (Å²) in [6, 6.07) is 5.22. The van der Waals surface area contributed by atoms with Gasteiger partial charge in [0.05, 0.1) is 11.5 Å². The molecule has 1 aliphatic heterocycles. The first-order valence-corrected chi connectivity index (χ1v) is 12.9. The van der Waals surface area contributed by atoms with Crippen LogP contribution in [0.15, 0.2) is 24.3 Å². The van der Waals surface area contributed by atoms with Gasteiger partial charge in [-0.15, -0.1) is 0 Å². The lowest BCUT2D eigenvalue weighted by Gasteiger charge is -2.12. The van der Waals surface area contributed by atoms with Crippen molar-refractivity contribution in [3.63, 3.8) is 0 Å². The summed E-state index contributed by atoms with van der Waals surface area (Å²) >= 11 is 0. The van der Waals surface area contributed by atoms with Gasteiger partial charge in [-0.05, 0) is 25.0 Å². The van der Waals surface area contributed by atoms with Gasteiger partial charge in [0, 0.05) is 12.1 Å². The lowest BCUT2D eigenvalue weighted by molar-refractivity contribution is -0.384. The molecule has 0 spiro atoms. The van der Waals surface area contributed by atoms with Crippen LogP contribution in [0.4, 0.5) is 10.5 Å². The predicted molar refractivity (Wildman–Crippen MR) is 130 cm³/mol. The second-order valence-electron chi connectivity index (χ2n) is 8.97. The second-order valence-corrected chi connectivity index (χ2v) is 8.97. The zero-order valence-electron chi connectivity index (χ0n) is 20.6. The van der Waals surface area contributed by atoms with Crippen molar-refractivity contribution in [1.29, 1.82) is 0 Å². The molecule has 1 saturated heterocycles. The Kier molecular flexibility index (Phi) is 14.3. The van der Waals surface area contributed by atoms with Crippen LogP contribution in [0.5, 0.6) is 5.75 Å². The molecule has 192 valence electrons. The monoisotopic (exact) mass is 479 g/mol. The van der Waals surface area contributed by atoms with Crippen molar-refractivity contribution in [2.75, 3.05) is 13.2 Å². The van der Waals surface area contributed by atoms with E-state index in [2.05, 4.69) is 6.92 Å². The lowest BCUT2D eigenvalue weighted by Crippen LogP contribution is -2.23. The van der Waals surface area contributed by atoms with Gasteiger partial charge in [0.2, 0.25) is 0 Å². The number of rotatable bonds is 18. The molecule has 0 amide bonds. The van der Waals surface area contributed by atoms with Gasteiger partial charge in [-0.1, -0.05) is 84.0 Å². The molecule has 8 heteroatoms. The number of nitrogens with zero attached hydrogens (tertiary/aromatic N) is 1. The largest absolute Gasteiger partial charge is 0.513 e. The van der Waals surface area contributed by atoms with Crippen molar-refractivity contribution < 1.29 is 28.7 Å².